The lowest BCUT2D eigenvalue weighted by Crippen LogP contribution is -2.38. The lowest BCUT2D eigenvalue weighted by atomic mass is 9.96. The summed E-state index contributed by atoms with van der Waals surface area (Å²) in [5, 5.41) is 0. The third kappa shape index (κ3) is 5.73. The zero-order chi connectivity index (χ0) is 23.6. The zero-order valence-corrected chi connectivity index (χ0v) is 18.8. The quantitative estimate of drug-likeness (QED) is 0.621. The van der Waals surface area contributed by atoms with E-state index in [1.807, 2.05) is 0 Å². The van der Waals surface area contributed by atoms with E-state index in [4.69, 9.17) is 0 Å². The Morgan fingerprint density at radius 1 is 0.938 bits per heavy atom. The third-order valence-corrected chi connectivity index (χ3v) is 8.58. The molecular weight excluding hydrogens is 469 g/mol. The molecule has 32 heavy (non-hydrogen) atoms. The van der Waals surface area contributed by atoms with Crippen LogP contribution in [0.3, 0.4) is 0 Å². The minimum absolute atomic E-state index is 0.00525. The summed E-state index contributed by atoms with van der Waals surface area (Å²) >= 11 is 0. The predicted octanol–water partition coefficient (Wildman–Crippen LogP) is 4.34. The molecule has 7 nitrogen and oxygen atoms in total. The second kappa shape index (κ2) is 9.28. The average molecular weight is 493 g/mol. The molecule has 2 aromatic carbocycles. The summed E-state index contributed by atoms with van der Waals surface area (Å²) < 4.78 is 96.1. The molecule has 0 saturated heterocycles. The molecule has 2 aromatic rings. The number of halogens is 3. The van der Waals surface area contributed by atoms with Crippen LogP contribution < -0.4 is 9.46 Å². The molecule has 0 aliphatic heterocycles. The van der Waals surface area contributed by atoms with E-state index >= 15 is 0 Å². The standard InChI is InChI=1S/C20H23F3N2O5S2/c1-25(16-7-3-2-4-8-16)32(28,29)17-13-11-15(12-14-17)24-31(26,27)19-10-6-5-9-18(19)30-20(21,22)23/h5-6,9-14,16,24H,2-4,7-8H2,1H3. The van der Waals surface area contributed by atoms with Crippen LogP contribution in [0.25, 0.3) is 0 Å². The Morgan fingerprint density at radius 2 is 1.53 bits per heavy atom. The molecule has 1 fully saturated rings. The first kappa shape index (κ1) is 24.3. The lowest BCUT2D eigenvalue weighted by Gasteiger charge is -2.30. The van der Waals surface area contributed by atoms with Crippen LogP contribution in [-0.4, -0.2) is 40.6 Å². The largest absolute Gasteiger partial charge is 0.573 e. The fourth-order valence-corrected chi connectivity index (χ4v) is 6.20. The summed E-state index contributed by atoms with van der Waals surface area (Å²) in [5.74, 6) is -0.874. The Kier molecular flexibility index (Phi) is 7.06. The molecule has 3 rings (SSSR count). The van der Waals surface area contributed by atoms with Gasteiger partial charge in [-0.2, -0.15) is 4.31 Å². The molecule has 0 aromatic heterocycles. The highest BCUT2D eigenvalue weighted by molar-refractivity contribution is 7.92. The molecule has 0 heterocycles. The summed E-state index contributed by atoms with van der Waals surface area (Å²) in [7, 11) is -6.67. The Hall–Kier alpha value is -2.31. The first-order valence-electron chi connectivity index (χ1n) is 9.86. The van der Waals surface area contributed by atoms with Gasteiger partial charge in [0.2, 0.25) is 10.0 Å². The van der Waals surface area contributed by atoms with Gasteiger partial charge in [-0.15, -0.1) is 13.2 Å². The number of alkyl halides is 3. The molecule has 1 N–H and O–H groups in total. The van der Waals surface area contributed by atoms with Crippen molar-refractivity contribution in [3.8, 4) is 5.75 Å². The van der Waals surface area contributed by atoms with Crippen LogP contribution in [0.4, 0.5) is 18.9 Å². The van der Waals surface area contributed by atoms with Crippen LogP contribution in [0.2, 0.25) is 0 Å². The first-order chi connectivity index (χ1) is 14.9. The van der Waals surface area contributed by atoms with E-state index in [0.717, 1.165) is 44.2 Å². The van der Waals surface area contributed by atoms with Crippen molar-refractivity contribution in [1.29, 1.82) is 0 Å². The molecule has 1 saturated carbocycles. The van der Waals surface area contributed by atoms with Gasteiger partial charge in [0.1, 0.15) is 10.6 Å². The van der Waals surface area contributed by atoms with E-state index in [1.165, 1.54) is 47.8 Å². The van der Waals surface area contributed by atoms with Crippen molar-refractivity contribution in [1.82, 2.24) is 4.31 Å². The second-order valence-electron chi connectivity index (χ2n) is 7.44. The molecule has 0 spiro atoms. The van der Waals surface area contributed by atoms with Gasteiger partial charge < -0.3 is 4.74 Å². The van der Waals surface area contributed by atoms with Crippen LogP contribution >= 0.6 is 0 Å². The number of benzene rings is 2. The summed E-state index contributed by atoms with van der Waals surface area (Å²) in [6, 6.07) is 9.24. The van der Waals surface area contributed by atoms with E-state index in [1.54, 1.807) is 0 Å². The Morgan fingerprint density at radius 3 is 2.12 bits per heavy atom. The van der Waals surface area contributed by atoms with Gasteiger partial charge in [-0.3, -0.25) is 4.72 Å². The van der Waals surface area contributed by atoms with Gasteiger partial charge >= 0.3 is 6.36 Å². The fourth-order valence-electron chi connectivity index (χ4n) is 3.59. The predicted molar refractivity (Wildman–Crippen MR) is 112 cm³/mol. The Bertz CT molecular complexity index is 1140. The number of sulfonamides is 2. The highest BCUT2D eigenvalue weighted by Gasteiger charge is 2.34. The minimum Gasteiger partial charge on any atom is -0.404 e. The number of nitrogens with zero attached hydrogens (tertiary/aromatic N) is 1. The van der Waals surface area contributed by atoms with Gasteiger partial charge in [0.25, 0.3) is 10.0 Å². The van der Waals surface area contributed by atoms with Crippen molar-refractivity contribution in [2.24, 2.45) is 0 Å². The maximum Gasteiger partial charge on any atom is 0.573 e. The lowest BCUT2D eigenvalue weighted by molar-refractivity contribution is -0.275. The molecule has 0 unspecified atom stereocenters. The van der Waals surface area contributed by atoms with Crippen molar-refractivity contribution in [3.05, 3.63) is 48.5 Å². The topological polar surface area (TPSA) is 92.8 Å². The van der Waals surface area contributed by atoms with Crippen molar-refractivity contribution in [2.75, 3.05) is 11.8 Å². The number of anilines is 1. The highest BCUT2D eigenvalue weighted by atomic mass is 32.2. The number of nitrogens with one attached hydrogen (secondary N) is 1. The highest BCUT2D eigenvalue weighted by Crippen LogP contribution is 2.31. The van der Waals surface area contributed by atoms with Crippen LogP contribution in [0.15, 0.2) is 58.3 Å². The van der Waals surface area contributed by atoms with Crippen molar-refractivity contribution in [3.63, 3.8) is 0 Å². The maximum absolute atomic E-state index is 12.9. The molecule has 0 radical (unpaired) electrons. The van der Waals surface area contributed by atoms with Crippen LogP contribution in [0, 0.1) is 0 Å². The van der Waals surface area contributed by atoms with Crippen LogP contribution in [0.1, 0.15) is 32.1 Å². The number of hydrogen-bond donors (Lipinski definition) is 1. The third-order valence-electron chi connectivity index (χ3n) is 5.24. The summed E-state index contributed by atoms with van der Waals surface area (Å²) in [5.41, 5.74) is -0.00826. The van der Waals surface area contributed by atoms with Gasteiger partial charge in [-0.1, -0.05) is 31.4 Å². The van der Waals surface area contributed by atoms with Gasteiger partial charge in [-0.25, -0.2) is 16.8 Å². The van der Waals surface area contributed by atoms with Crippen molar-refractivity contribution in [2.45, 2.75) is 54.3 Å². The van der Waals surface area contributed by atoms with E-state index in [2.05, 4.69) is 9.46 Å². The van der Waals surface area contributed by atoms with Crippen molar-refractivity contribution >= 4 is 25.7 Å². The Balaban J connectivity index is 1.80. The average Bonchev–Trinajstić information content (AvgIpc) is 2.73. The monoisotopic (exact) mass is 492 g/mol. The summed E-state index contributed by atoms with van der Waals surface area (Å²) in [6.45, 7) is 0. The summed E-state index contributed by atoms with van der Waals surface area (Å²) in [4.78, 5) is -0.708. The van der Waals surface area contributed by atoms with E-state index in [0.29, 0.717) is 0 Å². The maximum atomic E-state index is 12.9. The molecule has 176 valence electrons. The smallest absolute Gasteiger partial charge is 0.404 e. The molecular formula is C20H23F3N2O5S2. The normalized spacial score (nSPS) is 16.2. The second-order valence-corrected chi connectivity index (χ2v) is 11.1. The molecule has 12 heteroatoms. The SMILES string of the molecule is CN(C1CCCCC1)S(=O)(=O)c1ccc(NS(=O)(=O)c2ccccc2OC(F)(F)F)cc1. The Labute approximate surface area is 185 Å². The summed E-state index contributed by atoms with van der Waals surface area (Å²) in [6.07, 6.45) is -0.488. The van der Waals surface area contributed by atoms with Gasteiger partial charge in [0.05, 0.1) is 4.90 Å². The van der Waals surface area contributed by atoms with Gasteiger partial charge in [-0.05, 0) is 49.2 Å². The molecule has 0 amide bonds. The van der Waals surface area contributed by atoms with E-state index in [-0.39, 0.29) is 16.6 Å². The molecule has 1 aliphatic carbocycles. The number of rotatable bonds is 7. The van der Waals surface area contributed by atoms with Crippen LogP contribution in [0.5, 0.6) is 5.75 Å². The van der Waals surface area contributed by atoms with Crippen LogP contribution in [-0.2, 0) is 20.0 Å². The van der Waals surface area contributed by atoms with E-state index < -0.39 is 37.1 Å². The number of hydrogen-bond acceptors (Lipinski definition) is 5. The minimum atomic E-state index is -5.06. The van der Waals surface area contributed by atoms with Gasteiger partial charge in [0.15, 0.2) is 0 Å². The molecule has 1 aliphatic rings. The number of para-hydroxylation sites is 1. The molecule has 0 atom stereocenters. The number of ether oxygens (including phenoxy) is 1. The van der Waals surface area contributed by atoms with E-state index in [9.17, 15) is 30.0 Å². The fraction of sp³-hybridized carbons (Fsp3) is 0.400. The van der Waals surface area contributed by atoms with Crippen molar-refractivity contribution < 1.29 is 34.7 Å². The zero-order valence-electron chi connectivity index (χ0n) is 17.2. The molecule has 0 bridgehead atoms. The van der Waals surface area contributed by atoms with Gasteiger partial charge in [0, 0.05) is 18.8 Å². The first-order valence-corrected chi connectivity index (χ1v) is 12.8.